The summed E-state index contributed by atoms with van der Waals surface area (Å²) in [7, 11) is -3.80. The van der Waals surface area contributed by atoms with Gasteiger partial charge >= 0.3 is 0 Å². The first kappa shape index (κ1) is 13.5. The molecule has 1 aromatic rings. The van der Waals surface area contributed by atoms with Gasteiger partial charge in [-0.15, -0.1) is 10.2 Å². The summed E-state index contributed by atoms with van der Waals surface area (Å²) in [5.41, 5.74) is 0. The zero-order valence-corrected chi connectivity index (χ0v) is 11.7. The zero-order valence-electron chi connectivity index (χ0n) is 10.8. The molecule has 0 saturated heterocycles. The molecule has 0 unspecified atom stereocenters. The normalized spacial score (nSPS) is 17.8. The van der Waals surface area contributed by atoms with Gasteiger partial charge < -0.3 is 4.57 Å². The molecule has 1 aliphatic rings. The van der Waals surface area contributed by atoms with Crippen LogP contribution in [0.5, 0.6) is 0 Å². The van der Waals surface area contributed by atoms with E-state index in [4.69, 9.17) is 5.14 Å². The van der Waals surface area contributed by atoms with Crippen LogP contribution in [-0.2, 0) is 16.6 Å². The number of hydrogen-bond donors (Lipinski definition) is 1. The topological polar surface area (TPSA) is 90.9 Å². The second-order valence-corrected chi connectivity index (χ2v) is 6.83. The van der Waals surface area contributed by atoms with Crippen LogP contribution in [-0.4, -0.2) is 23.2 Å². The maximum absolute atomic E-state index is 11.5. The Balaban J connectivity index is 2.43. The highest BCUT2D eigenvalue weighted by atomic mass is 32.2. The number of nitrogens with zero attached hydrogens (tertiary/aromatic N) is 3. The number of sulfonamides is 1. The maximum Gasteiger partial charge on any atom is 0.273 e. The van der Waals surface area contributed by atoms with Crippen LogP contribution < -0.4 is 5.14 Å². The molecule has 102 valence electrons. The molecule has 1 saturated carbocycles. The van der Waals surface area contributed by atoms with Crippen LogP contribution in [0.15, 0.2) is 5.16 Å². The van der Waals surface area contributed by atoms with Gasteiger partial charge in [0.2, 0.25) is 0 Å². The summed E-state index contributed by atoms with van der Waals surface area (Å²) in [4.78, 5) is 0. The van der Waals surface area contributed by atoms with Gasteiger partial charge in [-0.3, -0.25) is 0 Å². The van der Waals surface area contributed by atoms with Crippen molar-refractivity contribution in [2.75, 3.05) is 0 Å². The molecule has 2 rings (SSSR count). The van der Waals surface area contributed by atoms with Crippen molar-refractivity contribution in [3.8, 4) is 0 Å². The molecule has 7 heteroatoms. The molecule has 1 fully saturated rings. The van der Waals surface area contributed by atoms with E-state index in [1.807, 2.05) is 13.8 Å². The Morgan fingerprint density at radius 3 is 2.44 bits per heavy atom. The lowest BCUT2D eigenvalue weighted by atomic mass is 10.1. The van der Waals surface area contributed by atoms with Crippen molar-refractivity contribution >= 4 is 10.0 Å². The molecule has 0 aromatic carbocycles. The molecule has 0 atom stereocenters. The Kier molecular flexibility index (Phi) is 3.72. The molecule has 1 aromatic heterocycles. The van der Waals surface area contributed by atoms with Gasteiger partial charge in [0, 0.05) is 12.5 Å². The Hall–Kier alpha value is -0.950. The maximum atomic E-state index is 11.5. The summed E-state index contributed by atoms with van der Waals surface area (Å²) < 4.78 is 24.7. The summed E-state index contributed by atoms with van der Waals surface area (Å²) in [6, 6.07) is 0. The highest BCUT2D eigenvalue weighted by Crippen LogP contribution is 2.33. The van der Waals surface area contributed by atoms with Gasteiger partial charge in [-0.2, -0.15) is 0 Å². The standard InChI is InChI=1S/C11H20N4O2S/c1-8(2)7-15-10(9-5-3-4-6-9)13-14-11(15)18(12,16)17/h8-9H,3-7H2,1-2H3,(H2,12,16,17). The Morgan fingerprint density at radius 1 is 1.33 bits per heavy atom. The van der Waals surface area contributed by atoms with Crippen molar-refractivity contribution < 1.29 is 8.42 Å². The van der Waals surface area contributed by atoms with Crippen LogP contribution in [0.25, 0.3) is 0 Å². The lowest BCUT2D eigenvalue weighted by molar-refractivity contribution is 0.456. The Bertz CT molecular complexity index is 515. The van der Waals surface area contributed by atoms with Gasteiger partial charge in [-0.25, -0.2) is 13.6 Å². The van der Waals surface area contributed by atoms with Gasteiger partial charge in [0.05, 0.1) is 0 Å². The minimum atomic E-state index is -3.80. The van der Waals surface area contributed by atoms with Crippen molar-refractivity contribution in [2.24, 2.45) is 11.1 Å². The minimum Gasteiger partial charge on any atom is -0.300 e. The fourth-order valence-corrected chi connectivity index (χ4v) is 3.16. The molecule has 0 spiro atoms. The SMILES string of the molecule is CC(C)Cn1c(C2CCCC2)nnc1S(N)(=O)=O. The van der Waals surface area contributed by atoms with Crippen molar-refractivity contribution in [2.45, 2.75) is 57.1 Å². The highest BCUT2D eigenvalue weighted by Gasteiger charge is 2.28. The average Bonchev–Trinajstić information content (AvgIpc) is 2.81. The third-order valence-electron chi connectivity index (χ3n) is 3.27. The van der Waals surface area contributed by atoms with E-state index in [-0.39, 0.29) is 5.16 Å². The van der Waals surface area contributed by atoms with Crippen molar-refractivity contribution in [3.63, 3.8) is 0 Å². The molecule has 0 radical (unpaired) electrons. The Morgan fingerprint density at radius 2 is 1.94 bits per heavy atom. The van der Waals surface area contributed by atoms with E-state index in [1.54, 1.807) is 4.57 Å². The van der Waals surface area contributed by atoms with E-state index in [9.17, 15) is 8.42 Å². The summed E-state index contributed by atoms with van der Waals surface area (Å²) in [5.74, 6) is 1.43. The molecular formula is C11H20N4O2S. The third kappa shape index (κ3) is 2.72. The first-order chi connectivity index (χ1) is 8.39. The molecule has 1 aliphatic carbocycles. The van der Waals surface area contributed by atoms with Crippen LogP contribution in [0.3, 0.4) is 0 Å². The molecule has 1 heterocycles. The van der Waals surface area contributed by atoms with Gasteiger partial charge in [-0.05, 0) is 18.8 Å². The molecule has 2 N–H and O–H groups in total. The summed E-state index contributed by atoms with van der Waals surface area (Å²) in [6.45, 7) is 4.65. The van der Waals surface area contributed by atoms with E-state index in [0.717, 1.165) is 18.7 Å². The van der Waals surface area contributed by atoms with Gasteiger partial charge in [0.25, 0.3) is 15.2 Å². The minimum absolute atomic E-state index is 0.0990. The number of nitrogens with two attached hydrogens (primary N) is 1. The largest absolute Gasteiger partial charge is 0.300 e. The average molecular weight is 272 g/mol. The van der Waals surface area contributed by atoms with Crippen LogP contribution >= 0.6 is 0 Å². The fraction of sp³-hybridized carbons (Fsp3) is 0.818. The van der Waals surface area contributed by atoms with E-state index < -0.39 is 10.0 Å². The van der Waals surface area contributed by atoms with Crippen LogP contribution in [0, 0.1) is 5.92 Å². The van der Waals surface area contributed by atoms with E-state index in [2.05, 4.69) is 10.2 Å². The van der Waals surface area contributed by atoms with Crippen LogP contribution in [0.2, 0.25) is 0 Å². The van der Waals surface area contributed by atoms with E-state index >= 15 is 0 Å². The fourth-order valence-electron chi connectivity index (χ4n) is 2.53. The smallest absolute Gasteiger partial charge is 0.273 e. The van der Waals surface area contributed by atoms with Crippen LogP contribution in [0.1, 0.15) is 51.3 Å². The summed E-state index contributed by atoms with van der Waals surface area (Å²) >= 11 is 0. The number of aromatic nitrogens is 3. The molecule has 0 amide bonds. The molecule has 18 heavy (non-hydrogen) atoms. The highest BCUT2D eigenvalue weighted by molar-refractivity contribution is 7.89. The molecule has 0 aliphatic heterocycles. The van der Waals surface area contributed by atoms with Gasteiger partial charge in [0.15, 0.2) is 0 Å². The van der Waals surface area contributed by atoms with Crippen LogP contribution in [0.4, 0.5) is 0 Å². The van der Waals surface area contributed by atoms with E-state index in [1.165, 1.54) is 12.8 Å². The van der Waals surface area contributed by atoms with Crippen molar-refractivity contribution in [3.05, 3.63) is 5.82 Å². The second-order valence-electron chi connectivity index (χ2n) is 5.37. The monoisotopic (exact) mass is 272 g/mol. The predicted molar refractivity (Wildman–Crippen MR) is 67.4 cm³/mol. The number of hydrogen-bond acceptors (Lipinski definition) is 4. The second kappa shape index (κ2) is 4.97. The van der Waals surface area contributed by atoms with Gasteiger partial charge in [0.1, 0.15) is 5.82 Å². The van der Waals surface area contributed by atoms with Crippen molar-refractivity contribution in [1.29, 1.82) is 0 Å². The zero-order chi connectivity index (χ0) is 13.3. The molecular weight excluding hydrogens is 252 g/mol. The molecule has 6 nitrogen and oxygen atoms in total. The third-order valence-corrected chi connectivity index (χ3v) is 4.08. The van der Waals surface area contributed by atoms with E-state index in [0.29, 0.717) is 18.4 Å². The lowest BCUT2D eigenvalue weighted by Gasteiger charge is -2.14. The van der Waals surface area contributed by atoms with Gasteiger partial charge in [-0.1, -0.05) is 26.7 Å². The Labute approximate surface area is 108 Å². The van der Waals surface area contributed by atoms with Crippen molar-refractivity contribution in [1.82, 2.24) is 14.8 Å². The lowest BCUT2D eigenvalue weighted by Crippen LogP contribution is -2.21. The number of rotatable bonds is 4. The quantitative estimate of drug-likeness (QED) is 0.892. The summed E-state index contributed by atoms with van der Waals surface area (Å²) in [6.07, 6.45) is 4.45. The summed E-state index contributed by atoms with van der Waals surface area (Å²) in [5, 5.41) is 13.0. The predicted octanol–water partition coefficient (Wildman–Crippen LogP) is 1.24. The molecule has 0 bridgehead atoms. The number of primary sulfonamides is 1. The first-order valence-electron chi connectivity index (χ1n) is 6.35. The first-order valence-corrected chi connectivity index (χ1v) is 7.90.